The molecule has 8 nitrogen and oxygen atoms in total. The van der Waals surface area contributed by atoms with E-state index in [1.54, 1.807) is 64.5 Å². The Morgan fingerprint density at radius 2 is 1.95 bits per heavy atom. The second kappa shape index (κ2) is 9.12. The number of carbonyl (C=O) groups excluding carboxylic acids is 1. The number of carbonyl (C=O) groups is 1. The Morgan fingerprint density at radius 1 is 1.08 bits per heavy atom. The van der Waals surface area contributed by atoms with Gasteiger partial charge in [0.25, 0.3) is 11.6 Å². The van der Waals surface area contributed by atoms with E-state index < -0.39 is 12.2 Å². The molecule has 186 valence electrons. The van der Waals surface area contributed by atoms with Gasteiger partial charge in [-0.3, -0.25) is 14.8 Å². The minimum Gasteiger partial charge on any atom is -0.340 e. The Hall–Kier alpha value is -4.04. The fourth-order valence-corrected chi connectivity index (χ4v) is 4.52. The number of anilines is 1. The van der Waals surface area contributed by atoms with Crippen molar-refractivity contribution in [1.82, 2.24) is 29.3 Å². The van der Waals surface area contributed by atoms with Crippen molar-refractivity contribution in [1.29, 1.82) is 0 Å². The fraction of sp³-hybridized carbons (Fsp3) is 0.192. The van der Waals surface area contributed by atoms with E-state index in [4.69, 9.17) is 0 Å². The number of rotatable bonds is 7. The van der Waals surface area contributed by atoms with Gasteiger partial charge in [0, 0.05) is 41.4 Å². The number of amides is 1. The van der Waals surface area contributed by atoms with Crippen LogP contribution < -0.4 is 5.32 Å². The van der Waals surface area contributed by atoms with Crippen molar-refractivity contribution in [3.8, 4) is 22.5 Å². The monoisotopic (exact) mass is 517 g/mol. The number of hydrogen-bond acceptors (Lipinski definition) is 5. The van der Waals surface area contributed by atoms with Gasteiger partial charge >= 0.3 is 0 Å². The fourth-order valence-electron chi connectivity index (χ4n) is 4.32. The number of alkyl halides is 2. The Balaban J connectivity index is 1.25. The van der Waals surface area contributed by atoms with Crippen molar-refractivity contribution in [2.75, 3.05) is 5.32 Å². The standard InChI is InChI=1S/C26H22F2N7OP/c27-26(28,37)14-34-9-7-21-23(34)12-18(13-30-21)16-6-8-29-22(11-16)25(36)32-19-3-1-2-17(10-19)24-33-31-15-35(24)20-4-5-20/h1-3,6-13,15,20H,4-5,14,37H2,(H,32,36). The van der Waals surface area contributed by atoms with Gasteiger partial charge in [-0.2, -0.15) is 0 Å². The number of aromatic nitrogens is 6. The second-order valence-electron chi connectivity index (χ2n) is 9.09. The van der Waals surface area contributed by atoms with Crippen LogP contribution >= 0.6 is 9.24 Å². The van der Waals surface area contributed by atoms with Crippen LogP contribution in [0, 0.1) is 0 Å². The van der Waals surface area contributed by atoms with Crippen LogP contribution in [0.3, 0.4) is 0 Å². The lowest BCUT2D eigenvalue weighted by atomic mass is 10.1. The van der Waals surface area contributed by atoms with Gasteiger partial charge in [0.1, 0.15) is 12.0 Å². The summed E-state index contributed by atoms with van der Waals surface area (Å²) in [6.45, 7) is -0.480. The van der Waals surface area contributed by atoms with E-state index in [-0.39, 0.29) is 11.6 Å². The molecule has 1 saturated carbocycles. The van der Waals surface area contributed by atoms with Crippen molar-refractivity contribution in [2.45, 2.75) is 31.1 Å². The van der Waals surface area contributed by atoms with Crippen LogP contribution in [0.25, 0.3) is 33.5 Å². The maximum absolute atomic E-state index is 13.6. The maximum Gasteiger partial charge on any atom is 0.276 e. The molecule has 1 aromatic carbocycles. The Labute approximate surface area is 213 Å². The molecule has 4 heterocycles. The highest BCUT2D eigenvalue weighted by atomic mass is 31.0. The molecule has 6 rings (SSSR count). The first kappa shape index (κ1) is 23.4. The van der Waals surface area contributed by atoms with Gasteiger partial charge < -0.3 is 14.5 Å². The molecule has 11 heteroatoms. The lowest BCUT2D eigenvalue weighted by Crippen LogP contribution is -2.14. The summed E-state index contributed by atoms with van der Waals surface area (Å²) in [5.74, 6) is 0.397. The molecule has 1 aliphatic rings. The third-order valence-corrected chi connectivity index (χ3v) is 6.40. The van der Waals surface area contributed by atoms with E-state index in [1.807, 2.05) is 18.2 Å². The third-order valence-electron chi connectivity index (χ3n) is 6.22. The van der Waals surface area contributed by atoms with Crippen LogP contribution in [0.15, 0.2) is 73.4 Å². The average Bonchev–Trinajstić information content (AvgIpc) is 3.48. The SMILES string of the molecule is O=C(Nc1cccc(-c2nncn2C2CC2)c1)c1cc(-c2cnc3ccn(CC(F)(F)P)c3c2)ccn1. The van der Waals surface area contributed by atoms with Gasteiger partial charge in [0.2, 0.25) is 0 Å². The summed E-state index contributed by atoms with van der Waals surface area (Å²) in [5, 5.41) is 11.2. The first-order chi connectivity index (χ1) is 17.8. The minimum absolute atomic E-state index is 0.219. The molecule has 0 aliphatic heterocycles. The van der Waals surface area contributed by atoms with Gasteiger partial charge in [-0.05, 0) is 54.8 Å². The number of pyridine rings is 2. The minimum atomic E-state index is -2.94. The summed E-state index contributed by atoms with van der Waals surface area (Å²) < 4.78 is 30.7. The molecule has 37 heavy (non-hydrogen) atoms. The largest absolute Gasteiger partial charge is 0.340 e. The Bertz CT molecular complexity index is 1620. The lowest BCUT2D eigenvalue weighted by molar-refractivity contribution is 0.0853. The normalized spacial score (nSPS) is 13.7. The van der Waals surface area contributed by atoms with Gasteiger partial charge in [0.05, 0.1) is 17.6 Å². The summed E-state index contributed by atoms with van der Waals surface area (Å²) in [4.78, 5) is 21.7. The molecule has 1 fully saturated rings. The topological polar surface area (TPSA) is 90.5 Å². The van der Waals surface area contributed by atoms with Crippen LogP contribution in [0.5, 0.6) is 0 Å². The molecule has 0 spiro atoms. The molecule has 0 radical (unpaired) electrons. The van der Waals surface area contributed by atoms with Crippen molar-refractivity contribution < 1.29 is 13.6 Å². The van der Waals surface area contributed by atoms with Crippen LogP contribution in [0.2, 0.25) is 0 Å². The number of halogens is 2. The molecule has 1 unspecified atom stereocenters. The first-order valence-electron chi connectivity index (χ1n) is 11.7. The van der Waals surface area contributed by atoms with Crippen molar-refractivity contribution in [3.63, 3.8) is 0 Å². The zero-order chi connectivity index (χ0) is 25.6. The van der Waals surface area contributed by atoms with Gasteiger partial charge in [-0.1, -0.05) is 21.4 Å². The summed E-state index contributed by atoms with van der Waals surface area (Å²) in [6.07, 6.45) is 8.75. The van der Waals surface area contributed by atoms with E-state index in [0.717, 1.165) is 24.2 Å². The van der Waals surface area contributed by atoms with Crippen LogP contribution in [-0.2, 0) is 6.54 Å². The highest BCUT2D eigenvalue weighted by molar-refractivity contribution is 7.18. The van der Waals surface area contributed by atoms with E-state index >= 15 is 0 Å². The number of nitrogens with zero attached hydrogens (tertiary/aromatic N) is 6. The molecular weight excluding hydrogens is 495 g/mol. The molecule has 1 aliphatic carbocycles. The van der Waals surface area contributed by atoms with Gasteiger partial charge in [-0.25, -0.2) is 8.78 Å². The zero-order valence-corrected chi connectivity index (χ0v) is 20.7. The molecule has 5 aromatic rings. The predicted octanol–water partition coefficient (Wildman–Crippen LogP) is 5.41. The number of benzene rings is 1. The Morgan fingerprint density at radius 3 is 2.76 bits per heavy atom. The highest BCUT2D eigenvalue weighted by Gasteiger charge is 2.26. The van der Waals surface area contributed by atoms with Crippen molar-refractivity contribution in [3.05, 3.63) is 79.1 Å². The molecule has 1 N–H and O–H groups in total. The molecule has 4 aromatic heterocycles. The quantitative estimate of drug-likeness (QED) is 0.292. The maximum atomic E-state index is 13.6. The summed E-state index contributed by atoms with van der Waals surface area (Å²) in [6, 6.07) is 14.8. The van der Waals surface area contributed by atoms with E-state index in [0.29, 0.717) is 33.9 Å². The zero-order valence-electron chi connectivity index (χ0n) is 19.6. The Kier molecular flexibility index (Phi) is 5.76. The van der Waals surface area contributed by atoms with Crippen LogP contribution in [0.1, 0.15) is 29.4 Å². The first-order valence-corrected chi connectivity index (χ1v) is 12.3. The summed E-state index contributed by atoms with van der Waals surface area (Å²) in [5.41, 5.74) is 1.34. The van der Waals surface area contributed by atoms with Crippen LogP contribution in [0.4, 0.5) is 14.5 Å². The molecule has 1 atom stereocenters. The van der Waals surface area contributed by atoms with Crippen molar-refractivity contribution >= 4 is 31.9 Å². The average molecular weight is 517 g/mol. The van der Waals surface area contributed by atoms with E-state index in [9.17, 15) is 13.6 Å². The third kappa shape index (κ3) is 4.97. The van der Waals surface area contributed by atoms with E-state index in [1.165, 1.54) is 4.57 Å². The van der Waals surface area contributed by atoms with Gasteiger partial charge in [0.15, 0.2) is 5.82 Å². The van der Waals surface area contributed by atoms with E-state index in [2.05, 4.69) is 30.0 Å². The van der Waals surface area contributed by atoms with Crippen LogP contribution in [-0.4, -0.2) is 40.9 Å². The molecule has 0 saturated heterocycles. The predicted molar refractivity (Wildman–Crippen MR) is 139 cm³/mol. The molecule has 1 amide bonds. The smallest absolute Gasteiger partial charge is 0.276 e. The highest BCUT2D eigenvalue weighted by Crippen LogP contribution is 2.37. The van der Waals surface area contributed by atoms with Gasteiger partial charge in [-0.15, -0.1) is 10.2 Å². The second-order valence-corrected chi connectivity index (χ2v) is 9.94. The lowest BCUT2D eigenvalue weighted by Gasteiger charge is -2.12. The summed E-state index contributed by atoms with van der Waals surface area (Å²) >= 11 is 0. The number of fused-ring (bicyclic) bond motifs is 1. The number of nitrogens with one attached hydrogen (secondary N) is 1. The molecule has 0 bridgehead atoms. The summed E-state index contributed by atoms with van der Waals surface area (Å²) in [7, 11) is 1.56. The number of hydrogen-bond donors (Lipinski definition) is 1. The van der Waals surface area contributed by atoms with Crippen molar-refractivity contribution in [2.24, 2.45) is 0 Å². The molecular formula is C26H22F2N7OP.